The lowest BCUT2D eigenvalue weighted by atomic mass is 10.1. The monoisotopic (exact) mass is 336 g/mol. The lowest BCUT2D eigenvalue weighted by Gasteiger charge is -2.20. The molecule has 2 atom stereocenters. The molecule has 0 radical (unpaired) electrons. The van der Waals surface area contributed by atoms with Gasteiger partial charge in [-0.15, -0.1) is 11.8 Å². The summed E-state index contributed by atoms with van der Waals surface area (Å²) in [6.45, 7) is 6.08. The Morgan fingerprint density at radius 2 is 2.05 bits per heavy atom. The fourth-order valence-electron chi connectivity index (χ4n) is 2.53. The molecule has 1 heterocycles. The number of nitrogens with zero attached hydrogens (tertiary/aromatic N) is 2. The zero-order valence-corrected chi connectivity index (χ0v) is 14.9. The van der Waals surface area contributed by atoms with Crippen LogP contribution < -0.4 is 0 Å². The maximum absolute atomic E-state index is 12.6. The molecule has 0 N–H and O–H groups in total. The van der Waals surface area contributed by atoms with E-state index in [-0.39, 0.29) is 0 Å². The highest BCUT2D eigenvalue weighted by molar-refractivity contribution is 8.02. The molecule has 0 saturated carbocycles. The van der Waals surface area contributed by atoms with Crippen LogP contribution in [0.2, 0.25) is 0 Å². The van der Waals surface area contributed by atoms with E-state index in [1.807, 2.05) is 19.3 Å². The van der Waals surface area contributed by atoms with Gasteiger partial charge < -0.3 is 4.90 Å². The summed E-state index contributed by atoms with van der Waals surface area (Å²) in [4.78, 5) is 5.28. The van der Waals surface area contributed by atoms with E-state index in [4.69, 9.17) is 0 Å². The van der Waals surface area contributed by atoms with Crippen LogP contribution in [0.1, 0.15) is 20.3 Å². The molecule has 22 heavy (non-hydrogen) atoms. The molecule has 1 fully saturated rings. The van der Waals surface area contributed by atoms with Gasteiger partial charge in [0, 0.05) is 30.6 Å². The van der Waals surface area contributed by atoms with E-state index < -0.39 is 12.1 Å². The van der Waals surface area contributed by atoms with E-state index in [9.17, 15) is 13.2 Å². The molecule has 2 unspecified atom stereocenters. The Hall–Kier alpha value is -0.460. The molecule has 0 bridgehead atoms. The summed E-state index contributed by atoms with van der Waals surface area (Å²) in [5.74, 6) is -1.41. The van der Waals surface area contributed by atoms with Gasteiger partial charge in [-0.25, -0.2) is 0 Å². The summed E-state index contributed by atoms with van der Waals surface area (Å²) in [5.41, 5.74) is 1.11. The Kier molecular flexibility index (Phi) is 7.49. The maximum atomic E-state index is 12.6. The molecule has 1 aliphatic heterocycles. The van der Waals surface area contributed by atoms with Crippen LogP contribution in [0.3, 0.4) is 0 Å². The van der Waals surface area contributed by atoms with Gasteiger partial charge in [-0.1, -0.05) is 18.6 Å². The molecule has 6 heteroatoms. The molecule has 2 nitrogen and oxygen atoms in total. The third-order valence-electron chi connectivity index (χ3n) is 4.01. The van der Waals surface area contributed by atoms with Crippen LogP contribution in [0.5, 0.6) is 0 Å². The number of likely N-dealkylation sites (tertiary alicyclic amines) is 1. The molecular weight excluding hydrogens is 309 g/mol. The van der Waals surface area contributed by atoms with Crippen LogP contribution >= 0.6 is 11.8 Å². The first kappa shape index (κ1) is 19.6. The van der Waals surface area contributed by atoms with Crippen molar-refractivity contribution >= 4 is 11.8 Å². The molecule has 1 aliphatic rings. The van der Waals surface area contributed by atoms with Gasteiger partial charge in [-0.05, 0) is 39.8 Å². The van der Waals surface area contributed by atoms with Crippen molar-refractivity contribution in [3.8, 4) is 0 Å². The normalized spacial score (nSPS) is 23.4. The second-order valence-electron chi connectivity index (χ2n) is 6.24. The van der Waals surface area contributed by atoms with Crippen LogP contribution in [0.4, 0.5) is 13.2 Å². The van der Waals surface area contributed by atoms with Crippen molar-refractivity contribution in [2.45, 2.75) is 32.5 Å². The van der Waals surface area contributed by atoms with Gasteiger partial charge in [0.1, 0.15) is 0 Å². The van der Waals surface area contributed by atoms with Crippen molar-refractivity contribution in [2.24, 2.45) is 5.92 Å². The summed E-state index contributed by atoms with van der Waals surface area (Å²) in [7, 11) is 4.17. The Balaban J connectivity index is 2.64. The van der Waals surface area contributed by atoms with Crippen LogP contribution in [0.25, 0.3) is 0 Å². The fraction of sp³-hybridized carbons (Fsp3) is 0.750. The second kappa shape index (κ2) is 8.41. The topological polar surface area (TPSA) is 6.48 Å². The maximum Gasteiger partial charge on any atom is 0.394 e. The number of alkyl halides is 3. The lowest BCUT2D eigenvalue weighted by Crippen LogP contribution is -2.32. The highest BCUT2D eigenvalue weighted by atomic mass is 32.2. The minimum Gasteiger partial charge on any atom is -0.305 e. The van der Waals surface area contributed by atoms with Crippen molar-refractivity contribution in [3.05, 3.63) is 22.6 Å². The molecule has 0 aliphatic carbocycles. The minimum absolute atomic E-state index is 0.577. The van der Waals surface area contributed by atoms with Gasteiger partial charge in [0.15, 0.2) is 0 Å². The van der Waals surface area contributed by atoms with E-state index in [2.05, 4.69) is 23.9 Å². The lowest BCUT2D eigenvalue weighted by molar-refractivity contribution is -0.156. The van der Waals surface area contributed by atoms with Crippen LogP contribution in [-0.4, -0.2) is 62.0 Å². The van der Waals surface area contributed by atoms with E-state index in [1.54, 1.807) is 0 Å². The molecule has 0 aromatic carbocycles. The first-order chi connectivity index (χ1) is 10.1. The summed E-state index contributed by atoms with van der Waals surface area (Å²) >= 11 is 1.36. The van der Waals surface area contributed by atoms with E-state index in [0.717, 1.165) is 31.6 Å². The fourth-order valence-corrected chi connectivity index (χ4v) is 3.19. The van der Waals surface area contributed by atoms with Crippen molar-refractivity contribution in [1.82, 2.24) is 9.80 Å². The quantitative estimate of drug-likeness (QED) is 0.677. The first-order valence-corrected chi connectivity index (χ1v) is 8.74. The highest BCUT2D eigenvalue weighted by Gasteiger charge is 2.34. The molecule has 0 amide bonds. The van der Waals surface area contributed by atoms with E-state index >= 15 is 0 Å². The Bertz CT molecular complexity index is 416. The number of rotatable bonds is 6. The molecule has 0 aromatic rings. The molecule has 128 valence electrons. The number of thioether (sulfide) groups is 1. The van der Waals surface area contributed by atoms with Crippen molar-refractivity contribution in [2.75, 3.05) is 40.0 Å². The van der Waals surface area contributed by atoms with Gasteiger partial charge in [-0.2, -0.15) is 13.2 Å². The number of hydrogen-bond acceptors (Lipinski definition) is 3. The summed E-state index contributed by atoms with van der Waals surface area (Å²) in [6.07, 6.45) is 1.99. The third kappa shape index (κ3) is 6.34. The average Bonchev–Trinajstić information content (AvgIpc) is 2.85. The van der Waals surface area contributed by atoms with Crippen molar-refractivity contribution in [3.63, 3.8) is 0 Å². The molecule has 0 spiro atoms. The van der Waals surface area contributed by atoms with Crippen LogP contribution in [0.15, 0.2) is 22.6 Å². The molecular formula is C16H27F3N2S. The minimum atomic E-state index is -4.17. The Labute approximate surface area is 136 Å². The SMILES string of the molecule is CSC(C=C(C)CN1CCC(N(C)C)C1)=CC(C)C(F)(F)F. The zero-order valence-electron chi connectivity index (χ0n) is 14.1. The summed E-state index contributed by atoms with van der Waals surface area (Å²) in [5, 5.41) is 0. The van der Waals surface area contributed by atoms with Crippen LogP contribution in [0, 0.1) is 5.92 Å². The number of halogens is 3. The average molecular weight is 336 g/mol. The first-order valence-electron chi connectivity index (χ1n) is 7.52. The van der Waals surface area contributed by atoms with Gasteiger partial charge in [-0.3, -0.25) is 4.90 Å². The third-order valence-corrected chi connectivity index (χ3v) is 4.73. The standard InChI is InChI=1S/C16H27F3N2S/c1-12(10-21-7-6-14(11-21)20(3)4)8-15(22-5)9-13(2)16(17,18)19/h8-9,13-14H,6-7,10-11H2,1-5H3. The molecule has 0 aromatic heterocycles. The number of allylic oxidation sites excluding steroid dienone is 2. The number of likely N-dealkylation sites (N-methyl/N-ethyl adjacent to an activating group) is 1. The molecule has 1 saturated heterocycles. The largest absolute Gasteiger partial charge is 0.394 e. The second-order valence-corrected chi connectivity index (χ2v) is 7.12. The summed E-state index contributed by atoms with van der Waals surface area (Å²) in [6, 6.07) is 0.577. The Morgan fingerprint density at radius 3 is 2.50 bits per heavy atom. The predicted octanol–water partition coefficient (Wildman–Crippen LogP) is 4.01. The van der Waals surface area contributed by atoms with E-state index in [0.29, 0.717) is 10.9 Å². The van der Waals surface area contributed by atoms with Gasteiger partial charge in [0.25, 0.3) is 0 Å². The predicted molar refractivity (Wildman–Crippen MR) is 89.1 cm³/mol. The van der Waals surface area contributed by atoms with Gasteiger partial charge in [0.05, 0.1) is 5.92 Å². The van der Waals surface area contributed by atoms with Gasteiger partial charge in [0.2, 0.25) is 0 Å². The van der Waals surface area contributed by atoms with Gasteiger partial charge >= 0.3 is 6.18 Å². The van der Waals surface area contributed by atoms with Crippen molar-refractivity contribution in [1.29, 1.82) is 0 Å². The van der Waals surface area contributed by atoms with Crippen molar-refractivity contribution < 1.29 is 13.2 Å². The highest BCUT2D eigenvalue weighted by Crippen LogP contribution is 2.30. The molecule has 1 rings (SSSR count). The summed E-state index contributed by atoms with van der Waals surface area (Å²) < 4.78 is 37.9. The smallest absolute Gasteiger partial charge is 0.305 e. The van der Waals surface area contributed by atoms with E-state index in [1.165, 1.54) is 24.8 Å². The zero-order chi connectivity index (χ0) is 16.9. The number of hydrogen-bond donors (Lipinski definition) is 0. The van der Waals surface area contributed by atoms with Crippen LogP contribution in [-0.2, 0) is 0 Å². The Morgan fingerprint density at radius 1 is 1.41 bits per heavy atom.